The molecule has 1 aromatic carbocycles. The molecule has 0 bridgehead atoms. The first-order valence-electron chi connectivity index (χ1n) is 7.46. The van der Waals surface area contributed by atoms with Gasteiger partial charge in [-0.1, -0.05) is 6.07 Å². The number of amides is 1. The van der Waals surface area contributed by atoms with Gasteiger partial charge in [-0.05, 0) is 37.1 Å². The Bertz CT molecular complexity index is 502. The molecule has 0 saturated carbocycles. The van der Waals surface area contributed by atoms with Crippen LogP contribution >= 0.6 is 0 Å². The van der Waals surface area contributed by atoms with Crippen molar-refractivity contribution in [3.05, 3.63) is 34.9 Å². The molecule has 108 valence electrons. The molecule has 4 nitrogen and oxygen atoms in total. The van der Waals surface area contributed by atoms with Gasteiger partial charge in [-0.3, -0.25) is 9.69 Å². The number of carbonyl (C=O) groups is 1. The van der Waals surface area contributed by atoms with E-state index in [9.17, 15) is 4.79 Å². The lowest BCUT2D eigenvalue weighted by atomic mass is 10.0. The van der Waals surface area contributed by atoms with Gasteiger partial charge in [0, 0.05) is 50.9 Å². The van der Waals surface area contributed by atoms with Crippen LogP contribution < -0.4 is 5.32 Å². The number of aryl methyl sites for hydroxylation is 2. The minimum Gasteiger partial charge on any atom is -0.335 e. The maximum absolute atomic E-state index is 12.4. The Morgan fingerprint density at radius 1 is 1.15 bits per heavy atom. The van der Waals surface area contributed by atoms with E-state index in [0.717, 1.165) is 44.8 Å². The second-order valence-corrected chi connectivity index (χ2v) is 5.95. The van der Waals surface area contributed by atoms with Crippen LogP contribution in [0.2, 0.25) is 0 Å². The summed E-state index contributed by atoms with van der Waals surface area (Å²) in [6.45, 7) is 10.3. The normalized spacial score (nSPS) is 20.8. The average molecular weight is 273 g/mol. The minimum atomic E-state index is 0.180. The smallest absolute Gasteiger partial charge is 0.253 e. The predicted octanol–water partition coefficient (Wildman–Crippen LogP) is 1.03. The Morgan fingerprint density at radius 3 is 2.50 bits per heavy atom. The van der Waals surface area contributed by atoms with Crippen LogP contribution in [-0.2, 0) is 0 Å². The lowest BCUT2D eigenvalue weighted by Gasteiger charge is -2.46. The van der Waals surface area contributed by atoms with Crippen LogP contribution in [-0.4, -0.2) is 61.0 Å². The molecule has 2 aliphatic heterocycles. The van der Waals surface area contributed by atoms with Gasteiger partial charge in [0.1, 0.15) is 0 Å². The Hall–Kier alpha value is -1.39. The second kappa shape index (κ2) is 5.54. The lowest BCUT2D eigenvalue weighted by molar-refractivity contribution is 0.0227. The number of benzene rings is 1. The summed E-state index contributed by atoms with van der Waals surface area (Å²) in [5.41, 5.74) is 3.26. The molecule has 20 heavy (non-hydrogen) atoms. The average Bonchev–Trinajstić information content (AvgIpc) is 2.41. The molecule has 1 N–H and O–H groups in total. The number of carbonyl (C=O) groups excluding carboxylic acids is 1. The number of rotatable bonds is 2. The second-order valence-electron chi connectivity index (χ2n) is 5.95. The highest BCUT2D eigenvalue weighted by atomic mass is 16.2. The third kappa shape index (κ3) is 2.58. The van der Waals surface area contributed by atoms with Crippen molar-refractivity contribution in [3.8, 4) is 0 Å². The molecule has 2 heterocycles. The Kier molecular flexibility index (Phi) is 3.76. The van der Waals surface area contributed by atoms with E-state index in [1.165, 1.54) is 11.1 Å². The summed E-state index contributed by atoms with van der Waals surface area (Å²) >= 11 is 0. The first-order valence-corrected chi connectivity index (χ1v) is 7.46. The maximum Gasteiger partial charge on any atom is 0.253 e. The van der Waals surface area contributed by atoms with Crippen LogP contribution in [0.4, 0.5) is 0 Å². The minimum absolute atomic E-state index is 0.180. The summed E-state index contributed by atoms with van der Waals surface area (Å²) < 4.78 is 0. The van der Waals surface area contributed by atoms with Gasteiger partial charge >= 0.3 is 0 Å². The zero-order chi connectivity index (χ0) is 14.1. The standard InChI is InChI=1S/C16H23N3O/c1-12-3-4-14(9-13(12)2)16(20)19-10-15(11-19)18-7-5-17-6-8-18/h3-4,9,15,17H,5-8,10-11H2,1-2H3. The van der Waals surface area contributed by atoms with Crippen LogP contribution in [0.25, 0.3) is 0 Å². The highest BCUT2D eigenvalue weighted by Crippen LogP contribution is 2.19. The van der Waals surface area contributed by atoms with Crippen LogP contribution in [0.1, 0.15) is 21.5 Å². The van der Waals surface area contributed by atoms with Crippen molar-refractivity contribution in [2.24, 2.45) is 0 Å². The van der Waals surface area contributed by atoms with Crippen molar-refractivity contribution >= 4 is 5.91 Å². The van der Waals surface area contributed by atoms with Gasteiger partial charge in [0.05, 0.1) is 0 Å². The van der Waals surface area contributed by atoms with E-state index in [2.05, 4.69) is 24.1 Å². The molecule has 0 unspecified atom stereocenters. The van der Waals surface area contributed by atoms with Crippen molar-refractivity contribution in [3.63, 3.8) is 0 Å². The Labute approximate surface area is 120 Å². The van der Waals surface area contributed by atoms with Gasteiger partial charge in [0.15, 0.2) is 0 Å². The van der Waals surface area contributed by atoms with Gasteiger partial charge in [-0.15, -0.1) is 0 Å². The molecule has 0 spiro atoms. The molecule has 0 aromatic heterocycles. The van der Waals surface area contributed by atoms with Crippen LogP contribution in [0.5, 0.6) is 0 Å². The molecule has 1 amide bonds. The molecule has 0 atom stereocenters. The zero-order valence-corrected chi connectivity index (χ0v) is 12.4. The first-order chi connectivity index (χ1) is 9.65. The zero-order valence-electron chi connectivity index (χ0n) is 12.4. The van der Waals surface area contributed by atoms with Crippen molar-refractivity contribution < 1.29 is 4.79 Å². The molecule has 4 heteroatoms. The predicted molar refractivity (Wildman–Crippen MR) is 80.1 cm³/mol. The van der Waals surface area contributed by atoms with Crippen molar-refractivity contribution in [2.45, 2.75) is 19.9 Å². The Morgan fingerprint density at radius 2 is 1.85 bits per heavy atom. The van der Waals surface area contributed by atoms with Crippen molar-refractivity contribution in [1.29, 1.82) is 0 Å². The van der Waals surface area contributed by atoms with Crippen molar-refractivity contribution in [2.75, 3.05) is 39.3 Å². The summed E-state index contributed by atoms with van der Waals surface area (Å²) in [5, 5.41) is 3.37. The number of nitrogens with zero attached hydrogens (tertiary/aromatic N) is 2. The highest BCUT2D eigenvalue weighted by Gasteiger charge is 2.35. The van der Waals surface area contributed by atoms with Gasteiger partial charge in [-0.25, -0.2) is 0 Å². The summed E-state index contributed by atoms with van der Waals surface area (Å²) in [7, 11) is 0. The monoisotopic (exact) mass is 273 g/mol. The SMILES string of the molecule is Cc1ccc(C(=O)N2CC(N3CCNCC3)C2)cc1C. The third-order valence-electron chi connectivity index (χ3n) is 4.57. The fourth-order valence-electron chi connectivity index (χ4n) is 2.96. The molecule has 1 aromatic rings. The molecule has 0 radical (unpaired) electrons. The molecular formula is C16H23N3O. The summed E-state index contributed by atoms with van der Waals surface area (Å²) in [5.74, 6) is 0.180. The largest absolute Gasteiger partial charge is 0.335 e. The summed E-state index contributed by atoms with van der Waals surface area (Å²) in [6, 6.07) is 6.56. The molecule has 2 fully saturated rings. The molecule has 3 rings (SSSR count). The quantitative estimate of drug-likeness (QED) is 0.874. The highest BCUT2D eigenvalue weighted by molar-refractivity contribution is 5.95. The number of likely N-dealkylation sites (tertiary alicyclic amines) is 1. The van der Waals surface area contributed by atoms with E-state index in [0.29, 0.717) is 6.04 Å². The third-order valence-corrected chi connectivity index (χ3v) is 4.57. The van der Waals surface area contributed by atoms with Crippen molar-refractivity contribution in [1.82, 2.24) is 15.1 Å². The van der Waals surface area contributed by atoms with E-state index >= 15 is 0 Å². The van der Waals surface area contributed by atoms with E-state index in [1.54, 1.807) is 0 Å². The fraction of sp³-hybridized carbons (Fsp3) is 0.562. The first kappa shape index (κ1) is 13.6. The number of nitrogens with one attached hydrogen (secondary N) is 1. The van der Waals surface area contributed by atoms with E-state index < -0.39 is 0 Å². The number of hydrogen-bond donors (Lipinski definition) is 1. The summed E-state index contributed by atoms with van der Waals surface area (Å²) in [6.07, 6.45) is 0. The molecule has 2 aliphatic rings. The molecule has 0 aliphatic carbocycles. The van der Waals surface area contributed by atoms with E-state index in [1.807, 2.05) is 23.1 Å². The van der Waals surface area contributed by atoms with Gasteiger partial charge in [-0.2, -0.15) is 0 Å². The van der Waals surface area contributed by atoms with Gasteiger partial charge in [0.2, 0.25) is 0 Å². The van der Waals surface area contributed by atoms with Crippen LogP contribution in [0.15, 0.2) is 18.2 Å². The van der Waals surface area contributed by atoms with E-state index in [-0.39, 0.29) is 5.91 Å². The fourth-order valence-corrected chi connectivity index (χ4v) is 2.96. The van der Waals surface area contributed by atoms with E-state index in [4.69, 9.17) is 0 Å². The molecular weight excluding hydrogens is 250 g/mol. The Balaban J connectivity index is 1.58. The maximum atomic E-state index is 12.4. The van der Waals surface area contributed by atoms with Crippen LogP contribution in [0, 0.1) is 13.8 Å². The summed E-state index contributed by atoms with van der Waals surface area (Å²) in [4.78, 5) is 16.9. The topological polar surface area (TPSA) is 35.6 Å². The molecule has 2 saturated heterocycles. The van der Waals surface area contributed by atoms with Crippen LogP contribution in [0.3, 0.4) is 0 Å². The number of piperazine rings is 1. The number of hydrogen-bond acceptors (Lipinski definition) is 3. The van der Waals surface area contributed by atoms with Gasteiger partial charge in [0.25, 0.3) is 5.91 Å². The van der Waals surface area contributed by atoms with Gasteiger partial charge < -0.3 is 10.2 Å². The lowest BCUT2D eigenvalue weighted by Crippen LogP contribution is -2.63.